The van der Waals surface area contributed by atoms with Crippen molar-refractivity contribution in [3.05, 3.63) is 0 Å². The van der Waals surface area contributed by atoms with Gasteiger partial charge in [0.2, 0.25) is 0 Å². The van der Waals surface area contributed by atoms with Crippen LogP contribution in [-0.4, -0.2) is 19.3 Å². The molecule has 0 amide bonds. The van der Waals surface area contributed by atoms with Gasteiger partial charge in [0.25, 0.3) is 0 Å². The first-order valence-corrected chi connectivity index (χ1v) is 5.83. The fourth-order valence-corrected chi connectivity index (χ4v) is 2.35. The van der Waals surface area contributed by atoms with Crippen molar-refractivity contribution in [1.82, 2.24) is 5.32 Å². The second kappa shape index (κ2) is 5.73. The number of hydrogen-bond donors (Lipinski definition) is 1. The maximum Gasteiger partial charge on any atom is 0.392 e. The predicted molar refractivity (Wildman–Crippen MR) is 54.7 cm³/mol. The molecule has 0 aromatic carbocycles. The van der Waals surface area contributed by atoms with E-state index in [0.29, 0.717) is 13.0 Å². The largest absolute Gasteiger partial charge is 0.392 e. The van der Waals surface area contributed by atoms with Gasteiger partial charge in [-0.1, -0.05) is 19.8 Å². The van der Waals surface area contributed by atoms with Gasteiger partial charge in [0.1, 0.15) is 0 Å². The third kappa shape index (κ3) is 4.01. The van der Waals surface area contributed by atoms with Gasteiger partial charge in [-0.05, 0) is 38.3 Å². The quantitative estimate of drug-likeness (QED) is 0.721. The van der Waals surface area contributed by atoms with Gasteiger partial charge in [-0.2, -0.15) is 13.2 Å². The summed E-state index contributed by atoms with van der Waals surface area (Å²) in [5.74, 6) is -1.28. The molecule has 1 aliphatic carbocycles. The van der Waals surface area contributed by atoms with Crippen LogP contribution in [0.2, 0.25) is 0 Å². The van der Waals surface area contributed by atoms with E-state index >= 15 is 0 Å². The van der Waals surface area contributed by atoms with E-state index in [1.807, 2.05) is 6.92 Å². The number of nitrogens with one attached hydrogen (secondary N) is 1. The smallest absolute Gasteiger partial charge is 0.316 e. The molecule has 1 rings (SSSR count). The van der Waals surface area contributed by atoms with E-state index in [0.717, 1.165) is 32.2 Å². The highest BCUT2D eigenvalue weighted by molar-refractivity contribution is 4.81. The normalized spacial score (nSPS) is 28.0. The summed E-state index contributed by atoms with van der Waals surface area (Å²) in [6.07, 6.45) is -0.301. The fourth-order valence-electron chi connectivity index (χ4n) is 2.35. The Kier molecular flexibility index (Phi) is 4.90. The zero-order chi connectivity index (χ0) is 11.3. The molecule has 2 unspecified atom stereocenters. The maximum absolute atomic E-state index is 12.7. The summed E-state index contributed by atoms with van der Waals surface area (Å²) in [7, 11) is 0. The number of rotatable bonds is 4. The third-order valence-corrected chi connectivity index (χ3v) is 3.16. The van der Waals surface area contributed by atoms with Crippen molar-refractivity contribution in [3.63, 3.8) is 0 Å². The first-order chi connectivity index (χ1) is 7.05. The third-order valence-electron chi connectivity index (χ3n) is 3.16. The van der Waals surface area contributed by atoms with Gasteiger partial charge < -0.3 is 5.32 Å². The predicted octanol–water partition coefficient (Wildman–Crippen LogP) is 3.35. The number of alkyl halides is 3. The highest BCUT2D eigenvalue weighted by Gasteiger charge is 2.44. The summed E-state index contributed by atoms with van der Waals surface area (Å²) in [6, 6.07) is 0. The van der Waals surface area contributed by atoms with Gasteiger partial charge >= 0.3 is 6.18 Å². The van der Waals surface area contributed by atoms with Crippen molar-refractivity contribution in [2.75, 3.05) is 13.1 Å². The lowest BCUT2D eigenvalue weighted by atomic mass is 9.79. The molecular weight excluding hydrogens is 203 g/mol. The van der Waals surface area contributed by atoms with Crippen molar-refractivity contribution in [1.29, 1.82) is 0 Å². The van der Waals surface area contributed by atoms with E-state index < -0.39 is 12.1 Å². The van der Waals surface area contributed by atoms with Crippen LogP contribution in [0.3, 0.4) is 0 Å². The Morgan fingerprint density at radius 3 is 2.47 bits per heavy atom. The van der Waals surface area contributed by atoms with Crippen LogP contribution in [0, 0.1) is 11.8 Å². The lowest BCUT2D eigenvalue weighted by Gasteiger charge is -2.33. The first-order valence-electron chi connectivity index (χ1n) is 5.83. The lowest BCUT2D eigenvalue weighted by Crippen LogP contribution is -2.38. The van der Waals surface area contributed by atoms with Crippen LogP contribution in [0.1, 0.15) is 39.0 Å². The maximum atomic E-state index is 12.7. The van der Waals surface area contributed by atoms with Crippen LogP contribution in [0.4, 0.5) is 13.2 Å². The van der Waals surface area contributed by atoms with Crippen molar-refractivity contribution in [2.45, 2.75) is 45.2 Å². The Balaban J connectivity index is 2.43. The van der Waals surface area contributed by atoms with E-state index in [1.165, 1.54) is 0 Å². The minimum atomic E-state index is -4.00. The molecule has 15 heavy (non-hydrogen) atoms. The summed E-state index contributed by atoms with van der Waals surface area (Å²) in [5, 5.41) is 3.11. The van der Waals surface area contributed by atoms with Crippen molar-refractivity contribution in [3.8, 4) is 0 Å². The Morgan fingerprint density at radius 2 is 1.87 bits per heavy atom. The van der Waals surface area contributed by atoms with Crippen molar-refractivity contribution >= 4 is 0 Å². The van der Waals surface area contributed by atoms with Gasteiger partial charge in [0, 0.05) is 0 Å². The van der Waals surface area contributed by atoms with E-state index in [2.05, 4.69) is 5.32 Å². The number of hydrogen-bond acceptors (Lipinski definition) is 1. The molecule has 0 spiro atoms. The monoisotopic (exact) mass is 223 g/mol. The molecule has 2 atom stereocenters. The summed E-state index contributed by atoms with van der Waals surface area (Å²) in [6.45, 7) is 3.37. The molecule has 0 bridgehead atoms. The summed E-state index contributed by atoms with van der Waals surface area (Å²) in [5.41, 5.74) is 0. The van der Waals surface area contributed by atoms with Crippen LogP contribution >= 0.6 is 0 Å². The van der Waals surface area contributed by atoms with Crippen LogP contribution in [0.25, 0.3) is 0 Å². The van der Waals surface area contributed by atoms with Crippen molar-refractivity contribution in [2.24, 2.45) is 11.8 Å². The van der Waals surface area contributed by atoms with Gasteiger partial charge in [-0.15, -0.1) is 0 Å². The lowest BCUT2D eigenvalue weighted by molar-refractivity contribution is -0.195. The van der Waals surface area contributed by atoms with E-state index in [-0.39, 0.29) is 5.92 Å². The molecule has 1 N–H and O–H groups in total. The molecule has 4 heteroatoms. The summed E-state index contributed by atoms with van der Waals surface area (Å²) in [4.78, 5) is 0. The molecular formula is C11H20F3N. The zero-order valence-corrected chi connectivity index (χ0v) is 9.24. The minimum absolute atomic E-state index is 0.203. The SMILES string of the molecule is CCCNCC1CCCCC1C(F)(F)F. The number of halogens is 3. The molecule has 0 aromatic heterocycles. The second-order valence-corrected chi connectivity index (χ2v) is 4.40. The highest BCUT2D eigenvalue weighted by atomic mass is 19.4. The molecule has 0 saturated heterocycles. The highest BCUT2D eigenvalue weighted by Crippen LogP contribution is 2.41. The van der Waals surface area contributed by atoms with E-state index in [1.54, 1.807) is 0 Å². The van der Waals surface area contributed by atoms with E-state index in [4.69, 9.17) is 0 Å². The Morgan fingerprint density at radius 1 is 1.20 bits per heavy atom. The van der Waals surface area contributed by atoms with Gasteiger partial charge in [0.05, 0.1) is 5.92 Å². The van der Waals surface area contributed by atoms with Gasteiger partial charge in [-0.25, -0.2) is 0 Å². The molecule has 0 heterocycles. The molecule has 0 radical (unpaired) electrons. The summed E-state index contributed by atoms with van der Waals surface area (Å²) >= 11 is 0. The van der Waals surface area contributed by atoms with Crippen LogP contribution in [0.15, 0.2) is 0 Å². The van der Waals surface area contributed by atoms with Crippen LogP contribution in [-0.2, 0) is 0 Å². The molecule has 1 aliphatic rings. The summed E-state index contributed by atoms with van der Waals surface area (Å²) < 4.78 is 38.0. The standard InChI is InChI=1S/C11H20F3N/c1-2-7-15-8-9-5-3-4-6-10(9)11(12,13)14/h9-10,15H,2-8H2,1H3. The molecule has 90 valence electrons. The second-order valence-electron chi connectivity index (χ2n) is 4.40. The molecule has 1 fully saturated rings. The Bertz CT molecular complexity index is 179. The fraction of sp³-hybridized carbons (Fsp3) is 1.00. The van der Waals surface area contributed by atoms with Crippen LogP contribution in [0.5, 0.6) is 0 Å². The van der Waals surface area contributed by atoms with Gasteiger partial charge in [0.15, 0.2) is 0 Å². The van der Waals surface area contributed by atoms with Crippen molar-refractivity contribution < 1.29 is 13.2 Å². The molecule has 1 nitrogen and oxygen atoms in total. The molecule has 0 aromatic rings. The zero-order valence-electron chi connectivity index (χ0n) is 9.24. The van der Waals surface area contributed by atoms with Crippen LogP contribution < -0.4 is 5.32 Å². The Labute approximate surface area is 89.4 Å². The Hall–Kier alpha value is -0.250. The van der Waals surface area contributed by atoms with Gasteiger partial charge in [-0.3, -0.25) is 0 Å². The first kappa shape index (κ1) is 12.8. The molecule has 1 saturated carbocycles. The molecule has 0 aliphatic heterocycles. The minimum Gasteiger partial charge on any atom is -0.316 e. The van der Waals surface area contributed by atoms with E-state index in [9.17, 15) is 13.2 Å². The average Bonchev–Trinajstić information content (AvgIpc) is 2.17. The average molecular weight is 223 g/mol. The topological polar surface area (TPSA) is 12.0 Å².